The van der Waals surface area contributed by atoms with Crippen LogP contribution in [0.5, 0.6) is 0 Å². The molecule has 0 bridgehead atoms. The van der Waals surface area contributed by atoms with Gasteiger partial charge in [0, 0.05) is 23.4 Å². The average Bonchev–Trinajstić information content (AvgIpc) is 2.17. The molecule has 0 saturated heterocycles. The van der Waals surface area contributed by atoms with Crippen LogP contribution in [0.2, 0.25) is 0 Å². The smallest absolute Gasteiger partial charge is 0.320 e. The summed E-state index contributed by atoms with van der Waals surface area (Å²) in [4.78, 5) is 17.2. The number of halogens is 1. The van der Waals surface area contributed by atoms with Crippen molar-refractivity contribution in [1.82, 2.24) is 9.88 Å². The van der Waals surface area contributed by atoms with Gasteiger partial charge in [-0.1, -0.05) is 0 Å². The Hall–Kier alpha value is -0.940. The fraction of sp³-hybridized carbons (Fsp3) is 0.455. The lowest BCUT2D eigenvalue weighted by Gasteiger charge is -2.15. The molecule has 1 heterocycles. The molecule has 4 nitrogen and oxygen atoms in total. The summed E-state index contributed by atoms with van der Waals surface area (Å²) in [7, 11) is 1.87. The molecule has 0 aliphatic carbocycles. The van der Waals surface area contributed by atoms with E-state index >= 15 is 0 Å². The molecule has 16 heavy (non-hydrogen) atoms. The van der Waals surface area contributed by atoms with Crippen molar-refractivity contribution in [1.29, 1.82) is 0 Å². The van der Waals surface area contributed by atoms with E-state index in [2.05, 4.69) is 20.9 Å². The van der Waals surface area contributed by atoms with E-state index in [0.29, 0.717) is 19.7 Å². The maximum atomic E-state index is 11.2. The van der Waals surface area contributed by atoms with Gasteiger partial charge in [-0.15, -0.1) is 0 Å². The van der Waals surface area contributed by atoms with E-state index in [-0.39, 0.29) is 5.97 Å². The summed E-state index contributed by atoms with van der Waals surface area (Å²) >= 11 is 3.36. The first-order chi connectivity index (χ1) is 7.61. The predicted molar refractivity (Wildman–Crippen MR) is 64.9 cm³/mol. The SMILES string of the molecule is CCOC(=O)CN(C)Cc1cncc(Br)c1. The van der Waals surface area contributed by atoms with Gasteiger partial charge in [-0.3, -0.25) is 14.7 Å². The van der Waals surface area contributed by atoms with E-state index in [1.165, 1.54) is 0 Å². The Morgan fingerprint density at radius 1 is 1.56 bits per heavy atom. The summed E-state index contributed by atoms with van der Waals surface area (Å²) < 4.78 is 5.81. The predicted octanol–water partition coefficient (Wildman–Crippen LogP) is 1.84. The molecule has 0 aliphatic heterocycles. The van der Waals surface area contributed by atoms with Crippen LogP contribution in [0.25, 0.3) is 0 Å². The average molecular weight is 287 g/mol. The number of nitrogens with zero attached hydrogens (tertiary/aromatic N) is 2. The number of hydrogen-bond donors (Lipinski definition) is 0. The Balaban J connectivity index is 2.45. The molecular formula is C11H15BrN2O2. The normalized spacial score (nSPS) is 10.5. The molecule has 0 spiro atoms. The molecule has 0 unspecified atom stereocenters. The van der Waals surface area contributed by atoms with Crippen molar-refractivity contribution in [2.24, 2.45) is 0 Å². The van der Waals surface area contributed by atoms with Gasteiger partial charge in [-0.05, 0) is 41.5 Å². The number of pyridine rings is 1. The summed E-state index contributed by atoms with van der Waals surface area (Å²) in [5, 5.41) is 0. The van der Waals surface area contributed by atoms with Crippen LogP contribution < -0.4 is 0 Å². The second-order valence-corrected chi connectivity index (χ2v) is 4.40. The van der Waals surface area contributed by atoms with Gasteiger partial charge in [-0.2, -0.15) is 0 Å². The van der Waals surface area contributed by atoms with Crippen LogP contribution in [0.4, 0.5) is 0 Å². The molecule has 1 rings (SSSR count). The minimum Gasteiger partial charge on any atom is -0.465 e. The van der Waals surface area contributed by atoms with Gasteiger partial charge in [0.25, 0.3) is 0 Å². The summed E-state index contributed by atoms with van der Waals surface area (Å²) in [5.74, 6) is -0.201. The highest BCUT2D eigenvalue weighted by Crippen LogP contribution is 2.10. The molecule has 0 amide bonds. The number of rotatable bonds is 5. The Morgan fingerprint density at radius 2 is 2.31 bits per heavy atom. The number of hydrogen-bond acceptors (Lipinski definition) is 4. The highest BCUT2D eigenvalue weighted by molar-refractivity contribution is 9.10. The third kappa shape index (κ3) is 4.72. The number of esters is 1. The highest BCUT2D eigenvalue weighted by atomic mass is 79.9. The maximum Gasteiger partial charge on any atom is 0.320 e. The van der Waals surface area contributed by atoms with Crippen molar-refractivity contribution in [2.75, 3.05) is 20.2 Å². The molecular weight excluding hydrogens is 272 g/mol. The van der Waals surface area contributed by atoms with Crippen LogP contribution in [0, 0.1) is 0 Å². The molecule has 0 fully saturated rings. The fourth-order valence-corrected chi connectivity index (χ4v) is 1.75. The topological polar surface area (TPSA) is 42.4 Å². The van der Waals surface area contributed by atoms with E-state index in [1.807, 2.05) is 18.0 Å². The molecule has 1 aromatic rings. The van der Waals surface area contributed by atoms with Gasteiger partial charge in [-0.25, -0.2) is 0 Å². The van der Waals surface area contributed by atoms with Crippen LogP contribution in [0.1, 0.15) is 12.5 Å². The first kappa shape index (κ1) is 13.1. The number of carbonyl (C=O) groups excluding carboxylic acids is 1. The van der Waals surface area contributed by atoms with Gasteiger partial charge in [0.1, 0.15) is 0 Å². The Kier molecular flexibility index (Phi) is 5.42. The molecule has 0 saturated carbocycles. The van der Waals surface area contributed by atoms with E-state index in [0.717, 1.165) is 10.0 Å². The lowest BCUT2D eigenvalue weighted by atomic mass is 10.3. The monoisotopic (exact) mass is 286 g/mol. The zero-order valence-electron chi connectivity index (χ0n) is 9.44. The summed E-state index contributed by atoms with van der Waals surface area (Å²) in [6, 6.07) is 1.98. The van der Waals surface area contributed by atoms with Gasteiger partial charge < -0.3 is 4.74 Å². The number of carbonyl (C=O) groups is 1. The van der Waals surface area contributed by atoms with Crippen molar-refractivity contribution >= 4 is 21.9 Å². The van der Waals surface area contributed by atoms with Crippen molar-refractivity contribution in [3.05, 3.63) is 28.5 Å². The number of likely N-dealkylation sites (N-methyl/N-ethyl adjacent to an activating group) is 1. The molecule has 0 aromatic carbocycles. The van der Waals surface area contributed by atoms with Crippen LogP contribution in [-0.2, 0) is 16.1 Å². The largest absolute Gasteiger partial charge is 0.465 e. The number of aromatic nitrogens is 1. The van der Waals surface area contributed by atoms with Gasteiger partial charge in [0.15, 0.2) is 0 Å². The van der Waals surface area contributed by atoms with E-state index < -0.39 is 0 Å². The van der Waals surface area contributed by atoms with Crippen LogP contribution >= 0.6 is 15.9 Å². The third-order valence-electron chi connectivity index (χ3n) is 1.92. The van der Waals surface area contributed by atoms with Crippen LogP contribution in [0.15, 0.2) is 22.9 Å². The summed E-state index contributed by atoms with van der Waals surface area (Å²) in [5.41, 5.74) is 1.06. The maximum absolute atomic E-state index is 11.2. The zero-order chi connectivity index (χ0) is 12.0. The lowest BCUT2D eigenvalue weighted by Crippen LogP contribution is -2.27. The molecule has 0 aliphatic rings. The molecule has 1 aromatic heterocycles. The Labute approximate surface area is 104 Å². The van der Waals surface area contributed by atoms with Gasteiger partial charge in [0.2, 0.25) is 0 Å². The molecule has 0 atom stereocenters. The molecule has 0 N–H and O–H groups in total. The van der Waals surface area contributed by atoms with E-state index in [4.69, 9.17) is 4.74 Å². The minimum absolute atomic E-state index is 0.201. The summed E-state index contributed by atoms with van der Waals surface area (Å²) in [6.07, 6.45) is 3.52. The second kappa shape index (κ2) is 6.60. The molecule has 88 valence electrons. The van der Waals surface area contributed by atoms with Crippen LogP contribution in [0.3, 0.4) is 0 Å². The lowest BCUT2D eigenvalue weighted by molar-refractivity contribution is -0.144. The van der Waals surface area contributed by atoms with E-state index in [1.54, 1.807) is 19.3 Å². The fourth-order valence-electron chi connectivity index (χ4n) is 1.34. The van der Waals surface area contributed by atoms with Gasteiger partial charge >= 0.3 is 5.97 Å². The van der Waals surface area contributed by atoms with Crippen LogP contribution in [-0.4, -0.2) is 36.1 Å². The Bertz CT molecular complexity index is 358. The highest BCUT2D eigenvalue weighted by Gasteiger charge is 2.07. The van der Waals surface area contributed by atoms with E-state index in [9.17, 15) is 4.79 Å². The standard InChI is InChI=1S/C11H15BrN2O2/c1-3-16-11(15)8-14(2)7-9-4-10(12)6-13-5-9/h4-6H,3,7-8H2,1-2H3. The quantitative estimate of drug-likeness (QED) is 0.775. The van der Waals surface area contributed by atoms with Crippen molar-refractivity contribution in [3.8, 4) is 0 Å². The first-order valence-corrected chi connectivity index (χ1v) is 5.84. The molecule has 0 radical (unpaired) electrons. The first-order valence-electron chi connectivity index (χ1n) is 5.05. The summed E-state index contributed by atoms with van der Waals surface area (Å²) in [6.45, 7) is 3.19. The van der Waals surface area contributed by atoms with Crippen molar-refractivity contribution in [3.63, 3.8) is 0 Å². The van der Waals surface area contributed by atoms with Crippen molar-refractivity contribution < 1.29 is 9.53 Å². The Morgan fingerprint density at radius 3 is 2.94 bits per heavy atom. The molecule has 5 heteroatoms. The third-order valence-corrected chi connectivity index (χ3v) is 2.35. The van der Waals surface area contributed by atoms with Crippen molar-refractivity contribution in [2.45, 2.75) is 13.5 Å². The van der Waals surface area contributed by atoms with Gasteiger partial charge in [0.05, 0.1) is 13.2 Å². The minimum atomic E-state index is -0.201. The second-order valence-electron chi connectivity index (χ2n) is 3.49. The zero-order valence-corrected chi connectivity index (χ0v) is 11.0. The number of ether oxygens (including phenoxy) is 1.